The molecule has 2 heterocycles. The molecule has 6 unspecified atom stereocenters. The molecule has 0 aromatic rings. The fourth-order valence-electron chi connectivity index (χ4n) is 2.57. The molecule has 0 aromatic heterocycles. The number of rotatable bonds is 8. The highest BCUT2D eigenvalue weighted by molar-refractivity contribution is 7.66. The Morgan fingerprint density at radius 2 is 1.83 bits per heavy atom. The van der Waals surface area contributed by atoms with Gasteiger partial charge in [-0.2, -0.15) is 8.62 Å². The molecule has 8 N–H and O–H groups in total. The predicted octanol–water partition coefficient (Wildman–Crippen LogP) is -0.209. The van der Waals surface area contributed by atoms with Gasteiger partial charge in [-0.1, -0.05) is 6.58 Å². The lowest BCUT2D eigenvalue weighted by molar-refractivity contribution is -0.0285. The van der Waals surface area contributed by atoms with E-state index in [1.807, 2.05) is 0 Å². The van der Waals surface area contributed by atoms with Crippen LogP contribution < -0.4 is 5.73 Å². The minimum atomic E-state index is -5.65. The number of nitrogens with zero attached hydrogens (tertiary/aromatic N) is 1. The molecule has 166 valence electrons. The molecule has 6 atom stereocenters. The van der Waals surface area contributed by atoms with E-state index in [9.17, 15) is 28.8 Å². The van der Waals surface area contributed by atoms with E-state index in [2.05, 4.69) is 24.7 Å². The molecule has 1 fully saturated rings. The zero-order chi connectivity index (χ0) is 22.2. The van der Waals surface area contributed by atoms with Gasteiger partial charge in [-0.3, -0.25) is 4.52 Å². The summed E-state index contributed by atoms with van der Waals surface area (Å²) in [4.78, 5) is 39.3. The Bertz CT molecular complexity index is 866. The van der Waals surface area contributed by atoms with Crippen LogP contribution in [0.2, 0.25) is 0 Å². The highest BCUT2D eigenvalue weighted by Crippen LogP contribution is 2.66. The van der Waals surface area contributed by atoms with Gasteiger partial charge >= 0.3 is 23.5 Å². The van der Waals surface area contributed by atoms with Crippen molar-refractivity contribution in [3.63, 3.8) is 0 Å². The number of amidine groups is 1. The normalized spacial score (nSPS) is 32.2. The van der Waals surface area contributed by atoms with Crippen LogP contribution in [-0.2, 0) is 31.6 Å². The first kappa shape index (κ1) is 24.4. The lowest BCUT2D eigenvalue weighted by Crippen LogP contribution is -2.29. The number of phosphoric acid groups is 3. The third-order valence-corrected chi connectivity index (χ3v) is 7.52. The van der Waals surface area contributed by atoms with Gasteiger partial charge in [-0.05, 0) is 6.08 Å². The average molecular weight is 480 g/mol. The zero-order valence-electron chi connectivity index (χ0n) is 14.4. The number of aliphatic hydroxyl groups excluding tert-OH is 2. The number of dihydropyridines is 1. The zero-order valence-corrected chi connectivity index (χ0v) is 17.1. The second-order valence-corrected chi connectivity index (χ2v) is 10.4. The molecule has 0 aromatic carbocycles. The Kier molecular flexibility index (Phi) is 7.28. The third-order valence-electron chi connectivity index (χ3n) is 3.72. The Labute approximate surface area is 163 Å². The van der Waals surface area contributed by atoms with Gasteiger partial charge in [0.2, 0.25) is 0 Å². The second-order valence-electron chi connectivity index (χ2n) is 5.97. The van der Waals surface area contributed by atoms with Crippen LogP contribution in [0.5, 0.6) is 0 Å². The fraction of sp³-hybridized carbons (Fsp3) is 0.545. The molecule has 0 radical (unpaired) electrons. The van der Waals surface area contributed by atoms with E-state index in [0.29, 0.717) is 0 Å². The van der Waals surface area contributed by atoms with Crippen molar-refractivity contribution in [1.82, 2.24) is 0 Å². The SMILES string of the molecule is C=C1N=C(N)C(O)=CC1C1CC(O)C(COP(=O)(O)OP(=O)(O)OP(=O)(O)O)O1. The first-order chi connectivity index (χ1) is 13.1. The molecule has 15 nitrogen and oxygen atoms in total. The first-order valence-electron chi connectivity index (χ1n) is 7.64. The molecule has 0 bridgehead atoms. The van der Waals surface area contributed by atoms with Gasteiger partial charge in [-0.15, -0.1) is 0 Å². The molecule has 2 aliphatic rings. The summed E-state index contributed by atoms with van der Waals surface area (Å²) in [5, 5.41) is 19.7. The Hall–Kier alpha value is -0.920. The van der Waals surface area contributed by atoms with Gasteiger partial charge in [0, 0.05) is 18.0 Å². The van der Waals surface area contributed by atoms with Gasteiger partial charge in [-0.25, -0.2) is 18.7 Å². The Morgan fingerprint density at radius 3 is 2.41 bits per heavy atom. The van der Waals surface area contributed by atoms with Crippen molar-refractivity contribution in [3.8, 4) is 0 Å². The van der Waals surface area contributed by atoms with Crippen LogP contribution in [0.25, 0.3) is 0 Å². The van der Waals surface area contributed by atoms with Crippen molar-refractivity contribution >= 4 is 29.3 Å². The molecular weight excluding hydrogens is 461 g/mol. The monoisotopic (exact) mass is 480 g/mol. The summed E-state index contributed by atoms with van der Waals surface area (Å²) in [6.45, 7) is 2.87. The van der Waals surface area contributed by atoms with E-state index >= 15 is 0 Å². The van der Waals surface area contributed by atoms with Crippen molar-refractivity contribution in [3.05, 3.63) is 24.1 Å². The highest BCUT2D eigenvalue weighted by atomic mass is 31.3. The van der Waals surface area contributed by atoms with E-state index in [1.54, 1.807) is 0 Å². The predicted molar refractivity (Wildman–Crippen MR) is 94.1 cm³/mol. The van der Waals surface area contributed by atoms with Crippen molar-refractivity contribution in [2.45, 2.75) is 24.7 Å². The van der Waals surface area contributed by atoms with Crippen LogP contribution in [0, 0.1) is 5.92 Å². The third kappa shape index (κ3) is 7.07. The van der Waals surface area contributed by atoms with Gasteiger partial charge in [0.15, 0.2) is 11.6 Å². The van der Waals surface area contributed by atoms with Gasteiger partial charge in [0.25, 0.3) is 0 Å². The molecule has 2 rings (SSSR count). The average Bonchev–Trinajstić information content (AvgIpc) is 2.86. The van der Waals surface area contributed by atoms with Gasteiger partial charge < -0.3 is 40.3 Å². The number of nitrogens with two attached hydrogens (primary N) is 1. The topological polar surface area (TPSA) is 248 Å². The smallest absolute Gasteiger partial charge is 0.490 e. The molecule has 29 heavy (non-hydrogen) atoms. The maximum Gasteiger partial charge on any atom is 0.490 e. The molecule has 0 aliphatic carbocycles. The van der Waals surface area contributed by atoms with E-state index < -0.39 is 54.3 Å². The van der Waals surface area contributed by atoms with Crippen molar-refractivity contribution < 1.29 is 61.4 Å². The molecule has 0 amide bonds. The van der Waals surface area contributed by atoms with Crippen LogP contribution in [0.15, 0.2) is 29.1 Å². The number of hydrogen-bond acceptors (Lipinski definition) is 11. The standard InChI is InChI=1S/C11H19N2O13P3/c1-5-6(2-8(15)11(12)13-5)9-3-7(14)10(24-9)4-23-28(19,20)26-29(21,22)25-27(16,17)18/h2,6-7,9-10,14-15H,1,3-4H2,(H2,12,13)(H,19,20)(H,21,22)(H2,16,17,18). The summed E-state index contributed by atoms with van der Waals surface area (Å²) in [6, 6.07) is 0. The van der Waals surface area contributed by atoms with E-state index in [4.69, 9.17) is 25.2 Å². The second kappa shape index (κ2) is 8.67. The number of ether oxygens (including phenoxy) is 1. The number of aliphatic imine (C=N–C) groups is 1. The van der Waals surface area contributed by atoms with E-state index in [1.165, 1.54) is 6.08 Å². The van der Waals surface area contributed by atoms with Crippen LogP contribution in [0.3, 0.4) is 0 Å². The van der Waals surface area contributed by atoms with Crippen LogP contribution in [-0.4, -0.2) is 60.5 Å². The molecule has 18 heteroatoms. The maximum absolute atomic E-state index is 11.7. The number of phosphoric ester groups is 1. The maximum atomic E-state index is 11.7. The highest BCUT2D eigenvalue weighted by Gasteiger charge is 2.44. The molecule has 0 saturated carbocycles. The Balaban J connectivity index is 1.96. The van der Waals surface area contributed by atoms with Gasteiger partial charge in [0.1, 0.15) is 6.10 Å². The van der Waals surface area contributed by atoms with Crippen molar-refractivity contribution in [2.24, 2.45) is 16.6 Å². The summed E-state index contributed by atoms with van der Waals surface area (Å²) < 4.78 is 50.6. The van der Waals surface area contributed by atoms with Gasteiger partial charge in [0.05, 0.1) is 18.8 Å². The molecule has 0 spiro atoms. The van der Waals surface area contributed by atoms with Crippen LogP contribution in [0.1, 0.15) is 6.42 Å². The summed E-state index contributed by atoms with van der Waals surface area (Å²) in [5.74, 6) is -1.11. The summed E-state index contributed by atoms with van der Waals surface area (Å²) in [6.07, 6.45) is -1.86. The lowest BCUT2D eigenvalue weighted by atomic mass is 9.93. The molecular formula is C11H19N2O13P3. The van der Waals surface area contributed by atoms with Crippen LogP contribution in [0.4, 0.5) is 0 Å². The minimum Gasteiger partial charge on any atom is -0.504 e. The summed E-state index contributed by atoms with van der Waals surface area (Å²) in [7, 11) is -16.5. The quantitative estimate of drug-likeness (QED) is 0.222. The Morgan fingerprint density at radius 1 is 1.21 bits per heavy atom. The molecule has 2 aliphatic heterocycles. The largest absolute Gasteiger partial charge is 0.504 e. The number of aliphatic hydroxyl groups is 2. The van der Waals surface area contributed by atoms with Crippen LogP contribution >= 0.6 is 23.5 Å². The number of hydrogen-bond donors (Lipinski definition) is 7. The van der Waals surface area contributed by atoms with Crippen molar-refractivity contribution in [2.75, 3.05) is 6.61 Å². The molecule has 1 saturated heterocycles. The first-order valence-corrected chi connectivity index (χ1v) is 12.2. The summed E-state index contributed by atoms with van der Waals surface area (Å²) in [5.41, 5.74) is 5.70. The lowest BCUT2D eigenvalue weighted by Gasteiger charge is -2.24. The van der Waals surface area contributed by atoms with E-state index in [0.717, 1.165) is 0 Å². The minimum absolute atomic E-state index is 0.00663. The van der Waals surface area contributed by atoms with E-state index in [-0.39, 0.29) is 23.7 Å². The fourth-order valence-corrected chi connectivity index (χ4v) is 5.60. The summed E-state index contributed by atoms with van der Waals surface area (Å²) >= 11 is 0. The van der Waals surface area contributed by atoms with Crippen molar-refractivity contribution in [1.29, 1.82) is 0 Å².